The van der Waals surface area contributed by atoms with Crippen LogP contribution in [0.4, 0.5) is 5.82 Å². The third kappa shape index (κ3) is 3.19. The average molecular weight is 233 g/mol. The van der Waals surface area contributed by atoms with Crippen molar-refractivity contribution >= 4 is 11.7 Å². The topological polar surface area (TPSA) is 45.2 Å². The van der Waals surface area contributed by atoms with Crippen LogP contribution in [0.1, 0.15) is 31.7 Å². The number of nitrogens with one attached hydrogen (secondary N) is 1. The Morgan fingerprint density at radius 3 is 2.94 bits per heavy atom. The number of aromatic nitrogens is 1. The molecule has 4 nitrogen and oxygen atoms in total. The van der Waals surface area contributed by atoms with Crippen molar-refractivity contribution in [2.75, 3.05) is 18.0 Å². The number of pyridine rings is 1. The maximum absolute atomic E-state index is 11.2. The van der Waals surface area contributed by atoms with Crippen LogP contribution in [0, 0.1) is 0 Å². The zero-order valence-corrected chi connectivity index (χ0v) is 10.3. The van der Waals surface area contributed by atoms with Gasteiger partial charge >= 0.3 is 0 Å². The Kier molecular flexibility index (Phi) is 3.96. The molecule has 1 N–H and O–H groups in total. The van der Waals surface area contributed by atoms with Gasteiger partial charge in [-0.05, 0) is 30.5 Å². The normalized spacial score (nSPS) is 15.0. The first-order chi connectivity index (χ1) is 8.29. The molecule has 1 aromatic heterocycles. The van der Waals surface area contributed by atoms with Gasteiger partial charge in [0.15, 0.2) is 0 Å². The fourth-order valence-electron chi connectivity index (χ4n) is 2.02. The van der Waals surface area contributed by atoms with E-state index < -0.39 is 0 Å². The summed E-state index contributed by atoms with van der Waals surface area (Å²) in [6.45, 7) is 4.64. The van der Waals surface area contributed by atoms with E-state index in [2.05, 4.69) is 21.3 Å². The quantitative estimate of drug-likeness (QED) is 0.861. The highest BCUT2D eigenvalue weighted by Crippen LogP contribution is 2.18. The van der Waals surface area contributed by atoms with Gasteiger partial charge in [0.05, 0.1) is 0 Å². The minimum Gasteiger partial charge on any atom is -0.357 e. The van der Waals surface area contributed by atoms with Gasteiger partial charge < -0.3 is 10.2 Å². The summed E-state index contributed by atoms with van der Waals surface area (Å²) < 4.78 is 0. The highest BCUT2D eigenvalue weighted by atomic mass is 16.1. The SMILES string of the molecule is CCC(=O)NCc1ccnc(N2CCCC2)c1. The van der Waals surface area contributed by atoms with Crippen LogP contribution >= 0.6 is 0 Å². The number of carbonyl (C=O) groups is 1. The summed E-state index contributed by atoms with van der Waals surface area (Å²) >= 11 is 0. The molecule has 1 fully saturated rings. The summed E-state index contributed by atoms with van der Waals surface area (Å²) in [6, 6.07) is 4.02. The summed E-state index contributed by atoms with van der Waals surface area (Å²) in [7, 11) is 0. The standard InChI is InChI=1S/C13H19N3O/c1-2-13(17)15-10-11-5-6-14-12(9-11)16-7-3-4-8-16/h5-6,9H,2-4,7-8,10H2,1H3,(H,15,17). The molecule has 4 heteroatoms. The third-order valence-electron chi connectivity index (χ3n) is 3.05. The molecule has 1 aliphatic heterocycles. The molecule has 0 aliphatic carbocycles. The summed E-state index contributed by atoms with van der Waals surface area (Å²) in [6.07, 6.45) is 4.85. The number of hydrogen-bond donors (Lipinski definition) is 1. The van der Waals surface area contributed by atoms with Gasteiger partial charge in [0.25, 0.3) is 0 Å². The van der Waals surface area contributed by atoms with Crippen LogP contribution in [0.15, 0.2) is 18.3 Å². The number of nitrogens with zero attached hydrogens (tertiary/aromatic N) is 2. The van der Waals surface area contributed by atoms with Crippen molar-refractivity contribution in [1.29, 1.82) is 0 Å². The maximum atomic E-state index is 11.2. The van der Waals surface area contributed by atoms with E-state index in [1.54, 1.807) is 0 Å². The molecule has 1 amide bonds. The highest BCUT2D eigenvalue weighted by molar-refractivity contribution is 5.75. The van der Waals surface area contributed by atoms with Crippen molar-refractivity contribution < 1.29 is 4.79 Å². The van der Waals surface area contributed by atoms with Gasteiger partial charge in [0, 0.05) is 32.3 Å². The molecule has 0 spiro atoms. The molecule has 1 aliphatic rings. The van der Waals surface area contributed by atoms with Crippen LogP contribution in [0.5, 0.6) is 0 Å². The molecule has 17 heavy (non-hydrogen) atoms. The van der Waals surface area contributed by atoms with Crippen LogP contribution < -0.4 is 10.2 Å². The second-order valence-electron chi connectivity index (χ2n) is 4.35. The molecule has 0 unspecified atom stereocenters. The zero-order valence-electron chi connectivity index (χ0n) is 10.3. The summed E-state index contributed by atoms with van der Waals surface area (Å²) in [5.74, 6) is 1.12. The van der Waals surface area contributed by atoms with Crippen molar-refractivity contribution in [3.8, 4) is 0 Å². The van der Waals surface area contributed by atoms with Crippen LogP contribution in [0.25, 0.3) is 0 Å². The van der Waals surface area contributed by atoms with Crippen LogP contribution in [-0.2, 0) is 11.3 Å². The van der Waals surface area contributed by atoms with Crippen LogP contribution in [0.2, 0.25) is 0 Å². The lowest BCUT2D eigenvalue weighted by molar-refractivity contribution is -0.120. The molecule has 1 aromatic rings. The molecule has 2 rings (SSSR count). The second kappa shape index (κ2) is 5.66. The molecule has 0 aromatic carbocycles. The monoisotopic (exact) mass is 233 g/mol. The van der Waals surface area contributed by atoms with E-state index in [0.29, 0.717) is 13.0 Å². The molecule has 0 saturated carbocycles. The minimum absolute atomic E-state index is 0.0875. The van der Waals surface area contributed by atoms with Gasteiger partial charge in [0.1, 0.15) is 5.82 Å². The van der Waals surface area contributed by atoms with E-state index in [9.17, 15) is 4.79 Å². The van der Waals surface area contributed by atoms with E-state index in [0.717, 1.165) is 24.5 Å². The Morgan fingerprint density at radius 1 is 1.47 bits per heavy atom. The van der Waals surface area contributed by atoms with Gasteiger partial charge in [-0.1, -0.05) is 6.92 Å². The number of carbonyl (C=O) groups excluding carboxylic acids is 1. The summed E-state index contributed by atoms with van der Waals surface area (Å²) in [5, 5.41) is 2.88. The first kappa shape index (κ1) is 11.9. The first-order valence-electron chi connectivity index (χ1n) is 6.26. The number of hydrogen-bond acceptors (Lipinski definition) is 3. The Morgan fingerprint density at radius 2 is 2.24 bits per heavy atom. The van der Waals surface area contributed by atoms with Crippen LogP contribution in [-0.4, -0.2) is 24.0 Å². The first-order valence-corrected chi connectivity index (χ1v) is 6.26. The summed E-state index contributed by atoms with van der Waals surface area (Å²) in [5.41, 5.74) is 1.11. The van der Waals surface area contributed by atoms with Crippen molar-refractivity contribution in [3.05, 3.63) is 23.9 Å². The molecular weight excluding hydrogens is 214 g/mol. The highest BCUT2D eigenvalue weighted by Gasteiger charge is 2.13. The molecule has 0 bridgehead atoms. The largest absolute Gasteiger partial charge is 0.357 e. The lowest BCUT2D eigenvalue weighted by Crippen LogP contribution is -2.22. The lowest BCUT2D eigenvalue weighted by atomic mass is 10.2. The Balaban J connectivity index is 1.98. The van der Waals surface area contributed by atoms with Crippen molar-refractivity contribution in [3.63, 3.8) is 0 Å². The van der Waals surface area contributed by atoms with Crippen molar-refractivity contribution in [2.24, 2.45) is 0 Å². The minimum atomic E-state index is 0.0875. The number of rotatable bonds is 4. The van der Waals surface area contributed by atoms with E-state index in [4.69, 9.17) is 0 Å². The Bertz CT molecular complexity index is 386. The van der Waals surface area contributed by atoms with E-state index >= 15 is 0 Å². The van der Waals surface area contributed by atoms with E-state index in [1.807, 2.05) is 19.2 Å². The van der Waals surface area contributed by atoms with Gasteiger partial charge in [-0.25, -0.2) is 4.98 Å². The zero-order chi connectivity index (χ0) is 12.1. The van der Waals surface area contributed by atoms with E-state index in [1.165, 1.54) is 12.8 Å². The summed E-state index contributed by atoms with van der Waals surface area (Å²) in [4.78, 5) is 17.9. The van der Waals surface area contributed by atoms with Gasteiger partial charge in [0.2, 0.25) is 5.91 Å². The van der Waals surface area contributed by atoms with Gasteiger partial charge in [-0.2, -0.15) is 0 Å². The average Bonchev–Trinajstić information content (AvgIpc) is 2.90. The fraction of sp³-hybridized carbons (Fsp3) is 0.538. The van der Waals surface area contributed by atoms with Gasteiger partial charge in [-0.3, -0.25) is 4.79 Å². The van der Waals surface area contributed by atoms with E-state index in [-0.39, 0.29) is 5.91 Å². The lowest BCUT2D eigenvalue weighted by Gasteiger charge is -2.16. The van der Waals surface area contributed by atoms with Crippen molar-refractivity contribution in [2.45, 2.75) is 32.7 Å². The Hall–Kier alpha value is -1.58. The molecule has 1 saturated heterocycles. The van der Waals surface area contributed by atoms with Crippen LogP contribution in [0.3, 0.4) is 0 Å². The van der Waals surface area contributed by atoms with Gasteiger partial charge in [-0.15, -0.1) is 0 Å². The predicted octanol–water partition coefficient (Wildman–Crippen LogP) is 1.71. The molecule has 0 radical (unpaired) electrons. The second-order valence-corrected chi connectivity index (χ2v) is 4.35. The smallest absolute Gasteiger partial charge is 0.219 e. The molecule has 92 valence electrons. The third-order valence-corrected chi connectivity index (χ3v) is 3.05. The Labute approximate surface area is 102 Å². The number of anilines is 1. The molecular formula is C13H19N3O. The fourth-order valence-corrected chi connectivity index (χ4v) is 2.02. The van der Waals surface area contributed by atoms with Crippen molar-refractivity contribution in [1.82, 2.24) is 10.3 Å². The number of amides is 1. The predicted molar refractivity (Wildman–Crippen MR) is 67.8 cm³/mol. The maximum Gasteiger partial charge on any atom is 0.219 e. The molecule has 0 atom stereocenters. The molecule has 2 heterocycles.